The molecule has 0 aromatic carbocycles. The zero-order valence-electron chi connectivity index (χ0n) is 15.0. The van der Waals surface area contributed by atoms with Crippen molar-refractivity contribution in [3.63, 3.8) is 0 Å². The number of pyridine rings is 1. The molecule has 3 aliphatic rings. The molecule has 3 aliphatic heterocycles. The summed E-state index contributed by atoms with van der Waals surface area (Å²) in [7, 11) is 0. The van der Waals surface area contributed by atoms with Crippen molar-refractivity contribution in [1.29, 1.82) is 0 Å². The fourth-order valence-electron chi connectivity index (χ4n) is 4.13. The molecule has 0 unspecified atom stereocenters. The predicted molar refractivity (Wildman–Crippen MR) is 98.2 cm³/mol. The highest BCUT2D eigenvalue weighted by atomic mass is 16.2. The number of anilines is 1. The molecule has 2 bridgehead atoms. The molecule has 26 heavy (non-hydrogen) atoms. The fourth-order valence-corrected chi connectivity index (χ4v) is 4.13. The lowest BCUT2D eigenvalue weighted by molar-refractivity contribution is 0.0578. The van der Waals surface area contributed by atoms with Gasteiger partial charge in [0.1, 0.15) is 5.69 Å². The molecular formula is C19H24N6O. The lowest BCUT2D eigenvalue weighted by Gasteiger charge is -2.36. The first-order chi connectivity index (χ1) is 12.6. The standard InChI is InChI=1S/C19H24N6O/c1-13-8-17(23-19(20)22-13)18(26)25-10-14-5-6-16(25)12-24(9-14)11-15-4-2-3-7-21-15/h2-4,7-8,14,16H,5-6,9-12H2,1H3,(H2,20,22,23)/t14-,16+/m0/s1. The van der Waals surface area contributed by atoms with Gasteiger partial charge in [-0.2, -0.15) is 0 Å². The number of hydrogen-bond acceptors (Lipinski definition) is 6. The molecule has 7 heteroatoms. The number of fused-ring (bicyclic) bond motifs is 4. The molecule has 2 N–H and O–H groups in total. The molecular weight excluding hydrogens is 328 g/mol. The number of carbonyl (C=O) groups excluding carboxylic acids is 1. The number of hydrogen-bond donors (Lipinski definition) is 1. The zero-order valence-corrected chi connectivity index (χ0v) is 15.0. The normalized spacial score (nSPS) is 23.0. The van der Waals surface area contributed by atoms with Crippen LogP contribution in [0, 0.1) is 12.8 Å². The largest absolute Gasteiger partial charge is 0.368 e. The molecule has 2 aromatic rings. The van der Waals surface area contributed by atoms with Gasteiger partial charge in [0.2, 0.25) is 5.95 Å². The SMILES string of the molecule is Cc1cc(C(=O)N2C[C@H]3CC[C@@H]2CN(Cc2ccccn2)C3)nc(N)n1. The van der Waals surface area contributed by atoms with Crippen LogP contribution >= 0.6 is 0 Å². The third-order valence-electron chi connectivity index (χ3n) is 5.25. The van der Waals surface area contributed by atoms with Crippen LogP contribution in [0.3, 0.4) is 0 Å². The lowest BCUT2D eigenvalue weighted by Crippen LogP contribution is -2.47. The van der Waals surface area contributed by atoms with E-state index in [1.165, 1.54) is 0 Å². The Hall–Kier alpha value is -2.54. The molecule has 0 saturated carbocycles. The third kappa shape index (κ3) is 3.53. The van der Waals surface area contributed by atoms with E-state index in [1.54, 1.807) is 6.07 Å². The lowest BCUT2D eigenvalue weighted by atomic mass is 9.94. The second-order valence-electron chi connectivity index (χ2n) is 7.32. The summed E-state index contributed by atoms with van der Waals surface area (Å²) in [5.41, 5.74) is 7.93. The van der Waals surface area contributed by atoms with Crippen molar-refractivity contribution in [1.82, 2.24) is 24.8 Å². The second-order valence-corrected chi connectivity index (χ2v) is 7.32. The van der Waals surface area contributed by atoms with Crippen LogP contribution < -0.4 is 5.73 Å². The van der Waals surface area contributed by atoms with Crippen LogP contribution in [0.1, 0.15) is 34.7 Å². The number of aromatic nitrogens is 3. The minimum atomic E-state index is -0.0309. The van der Waals surface area contributed by atoms with Crippen molar-refractivity contribution >= 4 is 11.9 Å². The van der Waals surface area contributed by atoms with Crippen LogP contribution in [0.2, 0.25) is 0 Å². The van der Waals surface area contributed by atoms with Crippen LogP contribution in [-0.2, 0) is 6.54 Å². The van der Waals surface area contributed by atoms with E-state index in [0.29, 0.717) is 11.6 Å². The Labute approximate surface area is 153 Å². The summed E-state index contributed by atoms with van der Waals surface area (Å²) in [5, 5.41) is 0. The first kappa shape index (κ1) is 16.9. The van der Waals surface area contributed by atoms with Gasteiger partial charge in [-0.25, -0.2) is 9.97 Å². The Bertz CT molecular complexity index is 776. The van der Waals surface area contributed by atoms with Crippen LogP contribution in [0.25, 0.3) is 0 Å². The third-order valence-corrected chi connectivity index (χ3v) is 5.25. The van der Waals surface area contributed by atoms with Gasteiger partial charge in [0.15, 0.2) is 0 Å². The maximum Gasteiger partial charge on any atom is 0.272 e. The van der Waals surface area contributed by atoms with Gasteiger partial charge in [-0.3, -0.25) is 14.7 Å². The predicted octanol–water partition coefficient (Wildman–Crippen LogP) is 1.50. The highest BCUT2D eigenvalue weighted by Crippen LogP contribution is 2.29. The van der Waals surface area contributed by atoms with Crippen LogP contribution in [0.5, 0.6) is 0 Å². The van der Waals surface area contributed by atoms with Crippen molar-refractivity contribution in [2.24, 2.45) is 5.92 Å². The molecule has 0 radical (unpaired) electrons. The Morgan fingerprint density at radius 2 is 2.12 bits per heavy atom. The van der Waals surface area contributed by atoms with Crippen LogP contribution in [0.15, 0.2) is 30.5 Å². The summed E-state index contributed by atoms with van der Waals surface area (Å²) >= 11 is 0. The Kier molecular flexibility index (Phi) is 4.55. The van der Waals surface area contributed by atoms with E-state index in [1.807, 2.05) is 30.2 Å². The number of amides is 1. The summed E-state index contributed by atoms with van der Waals surface area (Å²) in [6.07, 6.45) is 4.03. The topological polar surface area (TPSA) is 88.2 Å². The molecule has 3 saturated heterocycles. The van der Waals surface area contributed by atoms with Crippen molar-refractivity contribution in [2.45, 2.75) is 32.4 Å². The fraction of sp³-hybridized carbons (Fsp3) is 0.474. The van der Waals surface area contributed by atoms with Gasteiger partial charge in [0, 0.05) is 44.1 Å². The summed E-state index contributed by atoms with van der Waals surface area (Å²) < 4.78 is 0. The Balaban J connectivity index is 1.52. The summed E-state index contributed by atoms with van der Waals surface area (Å²) in [6.45, 7) is 5.32. The number of nitrogen functional groups attached to an aromatic ring is 1. The molecule has 3 fully saturated rings. The highest BCUT2D eigenvalue weighted by Gasteiger charge is 2.38. The van der Waals surface area contributed by atoms with Gasteiger partial charge in [-0.15, -0.1) is 0 Å². The Morgan fingerprint density at radius 1 is 1.23 bits per heavy atom. The van der Waals surface area contributed by atoms with Gasteiger partial charge in [0.05, 0.1) is 5.69 Å². The van der Waals surface area contributed by atoms with Gasteiger partial charge in [-0.1, -0.05) is 6.07 Å². The Morgan fingerprint density at radius 3 is 2.88 bits per heavy atom. The summed E-state index contributed by atoms with van der Waals surface area (Å²) in [5.74, 6) is 0.614. The highest BCUT2D eigenvalue weighted by molar-refractivity contribution is 5.93. The molecule has 1 amide bonds. The summed E-state index contributed by atoms with van der Waals surface area (Å²) in [4.78, 5) is 30.2. The van der Waals surface area contributed by atoms with Crippen molar-refractivity contribution in [2.75, 3.05) is 25.4 Å². The van der Waals surface area contributed by atoms with E-state index < -0.39 is 0 Å². The molecule has 2 atom stereocenters. The smallest absolute Gasteiger partial charge is 0.272 e. The van der Waals surface area contributed by atoms with Crippen molar-refractivity contribution in [3.8, 4) is 0 Å². The van der Waals surface area contributed by atoms with E-state index in [2.05, 4.69) is 25.9 Å². The van der Waals surface area contributed by atoms with Gasteiger partial charge in [0.25, 0.3) is 5.91 Å². The summed E-state index contributed by atoms with van der Waals surface area (Å²) in [6, 6.07) is 7.95. The zero-order chi connectivity index (χ0) is 18.1. The van der Waals surface area contributed by atoms with E-state index >= 15 is 0 Å². The van der Waals surface area contributed by atoms with Crippen LogP contribution in [0.4, 0.5) is 5.95 Å². The number of nitrogens with zero attached hydrogens (tertiary/aromatic N) is 5. The van der Waals surface area contributed by atoms with Crippen molar-refractivity contribution < 1.29 is 4.79 Å². The molecule has 0 aliphatic carbocycles. The maximum absolute atomic E-state index is 13.1. The molecule has 0 spiro atoms. The van der Waals surface area contributed by atoms with Gasteiger partial charge in [-0.05, 0) is 43.9 Å². The monoisotopic (exact) mass is 352 g/mol. The van der Waals surface area contributed by atoms with Gasteiger partial charge >= 0.3 is 0 Å². The van der Waals surface area contributed by atoms with Crippen molar-refractivity contribution in [3.05, 3.63) is 47.5 Å². The molecule has 7 nitrogen and oxygen atoms in total. The maximum atomic E-state index is 13.1. The van der Waals surface area contributed by atoms with E-state index in [0.717, 1.165) is 50.4 Å². The molecule has 136 valence electrons. The average molecular weight is 352 g/mol. The number of rotatable bonds is 3. The number of nitrogens with two attached hydrogens (primary N) is 1. The van der Waals surface area contributed by atoms with E-state index in [4.69, 9.17) is 5.73 Å². The number of piperidine rings is 1. The number of carbonyl (C=O) groups is 1. The molecule has 5 heterocycles. The minimum Gasteiger partial charge on any atom is -0.368 e. The number of aryl methyl sites for hydroxylation is 1. The quantitative estimate of drug-likeness (QED) is 0.901. The van der Waals surface area contributed by atoms with E-state index in [-0.39, 0.29) is 17.9 Å². The molecule has 5 rings (SSSR count). The second kappa shape index (κ2) is 6.99. The van der Waals surface area contributed by atoms with Gasteiger partial charge < -0.3 is 10.6 Å². The molecule has 2 aromatic heterocycles. The van der Waals surface area contributed by atoms with Crippen LogP contribution in [-0.4, -0.2) is 56.3 Å². The first-order valence-corrected chi connectivity index (χ1v) is 9.13. The van der Waals surface area contributed by atoms with E-state index in [9.17, 15) is 4.79 Å². The first-order valence-electron chi connectivity index (χ1n) is 9.13. The minimum absolute atomic E-state index is 0.0309. The average Bonchev–Trinajstić information content (AvgIpc) is 2.91.